The molecule has 7 nitrogen and oxygen atoms in total. The molecule has 0 fully saturated rings. The molecular weight excluding hydrogens is 391 g/mol. The predicted molar refractivity (Wildman–Crippen MR) is 112 cm³/mol. The molecule has 0 aliphatic carbocycles. The minimum Gasteiger partial charge on any atom is -0.363 e. The molecule has 3 heterocycles. The van der Waals surface area contributed by atoms with Crippen molar-refractivity contribution in [1.82, 2.24) is 20.6 Å². The standard InChI is InChI=1S/C20H21FN6OS/c21-13-4-3-8-23-16(13)10-24-20(28)17-12-29-19(27-17)7-9-22-11-18-25-14-5-1-2-6-15(14)26-18/h1-6,8,12,18,22,25-26H,7,9-11H2,(H,24,28). The highest BCUT2D eigenvalue weighted by Gasteiger charge is 2.18. The number of hydrogen-bond acceptors (Lipinski definition) is 7. The Labute approximate surface area is 171 Å². The highest BCUT2D eigenvalue weighted by molar-refractivity contribution is 7.09. The van der Waals surface area contributed by atoms with Crippen LogP contribution in [0.2, 0.25) is 0 Å². The van der Waals surface area contributed by atoms with Crippen LogP contribution in [0.25, 0.3) is 0 Å². The zero-order valence-electron chi connectivity index (χ0n) is 15.6. The van der Waals surface area contributed by atoms with Gasteiger partial charge in [0.05, 0.1) is 28.6 Å². The SMILES string of the molecule is O=C(NCc1ncccc1F)c1csc(CCNCC2Nc3ccccc3N2)n1. The van der Waals surface area contributed by atoms with Gasteiger partial charge in [-0.3, -0.25) is 9.78 Å². The first-order valence-corrected chi connectivity index (χ1v) is 10.2. The Morgan fingerprint density at radius 1 is 1.17 bits per heavy atom. The van der Waals surface area contributed by atoms with Crippen LogP contribution in [0.4, 0.5) is 15.8 Å². The van der Waals surface area contributed by atoms with Gasteiger partial charge in [0, 0.05) is 31.1 Å². The van der Waals surface area contributed by atoms with Crippen LogP contribution in [-0.4, -0.2) is 35.1 Å². The van der Waals surface area contributed by atoms with E-state index in [1.165, 1.54) is 29.7 Å². The summed E-state index contributed by atoms with van der Waals surface area (Å²) in [7, 11) is 0. The number of nitrogens with zero attached hydrogens (tertiary/aromatic N) is 2. The van der Waals surface area contributed by atoms with Crippen LogP contribution < -0.4 is 21.3 Å². The average Bonchev–Trinajstić information content (AvgIpc) is 3.37. The molecular formula is C20H21FN6OS. The van der Waals surface area contributed by atoms with Crippen molar-refractivity contribution in [2.24, 2.45) is 0 Å². The number of carbonyl (C=O) groups excluding carboxylic acids is 1. The Hall–Kier alpha value is -3.04. The number of thiazole rings is 1. The lowest BCUT2D eigenvalue weighted by atomic mass is 10.3. The van der Waals surface area contributed by atoms with Crippen LogP contribution in [0, 0.1) is 5.82 Å². The zero-order valence-corrected chi connectivity index (χ0v) is 16.4. The van der Waals surface area contributed by atoms with Gasteiger partial charge in [-0.05, 0) is 24.3 Å². The van der Waals surface area contributed by atoms with Gasteiger partial charge in [0.25, 0.3) is 5.91 Å². The summed E-state index contributed by atoms with van der Waals surface area (Å²) in [6.45, 7) is 1.55. The van der Waals surface area contributed by atoms with Crippen molar-refractivity contribution in [3.05, 3.63) is 70.2 Å². The molecule has 2 aromatic heterocycles. The van der Waals surface area contributed by atoms with Gasteiger partial charge < -0.3 is 21.3 Å². The highest BCUT2D eigenvalue weighted by atomic mass is 32.1. The van der Waals surface area contributed by atoms with Crippen molar-refractivity contribution in [1.29, 1.82) is 0 Å². The van der Waals surface area contributed by atoms with Crippen molar-refractivity contribution in [2.75, 3.05) is 23.7 Å². The molecule has 0 atom stereocenters. The van der Waals surface area contributed by atoms with Crippen molar-refractivity contribution >= 4 is 28.6 Å². The smallest absolute Gasteiger partial charge is 0.271 e. The van der Waals surface area contributed by atoms with Crippen molar-refractivity contribution < 1.29 is 9.18 Å². The van der Waals surface area contributed by atoms with Crippen molar-refractivity contribution in [2.45, 2.75) is 19.1 Å². The number of rotatable bonds is 8. The van der Waals surface area contributed by atoms with Crippen LogP contribution in [-0.2, 0) is 13.0 Å². The normalized spacial score (nSPS) is 12.9. The third kappa shape index (κ3) is 4.87. The lowest BCUT2D eigenvalue weighted by Gasteiger charge is -2.13. The largest absolute Gasteiger partial charge is 0.363 e. The second kappa shape index (κ2) is 8.97. The Bertz CT molecular complexity index is 969. The second-order valence-corrected chi connectivity index (χ2v) is 7.52. The molecule has 0 bridgehead atoms. The number of benzene rings is 1. The Morgan fingerprint density at radius 3 is 2.72 bits per heavy atom. The number of anilines is 2. The van der Waals surface area contributed by atoms with E-state index >= 15 is 0 Å². The quantitative estimate of drug-likeness (QED) is 0.425. The molecule has 9 heteroatoms. The molecule has 0 spiro atoms. The molecule has 150 valence electrons. The van der Waals surface area contributed by atoms with Crippen LogP contribution >= 0.6 is 11.3 Å². The van der Waals surface area contributed by atoms with E-state index in [1.54, 1.807) is 5.38 Å². The molecule has 4 rings (SSSR count). The van der Waals surface area contributed by atoms with Gasteiger partial charge in [-0.2, -0.15) is 0 Å². The van der Waals surface area contributed by atoms with Crippen molar-refractivity contribution in [3.8, 4) is 0 Å². The van der Waals surface area contributed by atoms with Crippen LogP contribution in [0.15, 0.2) is 48.0 Å². The first-order chi connectivity index (χ1) is 14.2. The first kappa shape index (κ1) is 19.3. The van der Waals surface area contributed by atoms with E-state index in [0.29, 0.717) is 5.69 Å². The Kier molecular flexibility index (Phi) is 5.97. The third-order valence-electron chi connectivity index (χ3n) is 4.49. The maximum absolute atomic E-state index is 13.6. The number of amides is 1. The number of hydrogen-bond donors (Lipinski definition) is 4. The van der Waals surface area contributed by atoms with Crippen LogP contribution in [0.5, 0.6) is 0 Å². The fourth-order valence-corrected chi connectivity index (χ4v) is 3.80. The molecule has 1 aliphatic rings. The molecule has 1 aromatic carbocycles. The minimum atomic E-state index is -0.438. The summed E-state index contributed by atoms with van der Waals surface area (Å²) in [5.74, 6) is -0.769. The van der Waals surface area contributed by atoms with Gasteiger partial charge in [0.15, 0.2) is 0 Å². The maximum atomic E-state index is 13.6. The van der Waals surface area contributed by atoms with Gasteiger partial charge in [0.1, 0.15) is 17.7 Å². The average molecular weight is 412 g/mol. The summed E-state index contributed by atoms with van der Waals surface area (Å²) in [5.41, 5.74) is 2.77. The Morgan fingerprint density at radius 2 is 1.97 bits per heavy atom. The number of carbonyl (C=O) groups is 1. The van der Waals surface area contributed by atoms with E-state index in [-0.39, 0.29) is 24.3 Å². The lowest BCUT2D eigenvalue weighted by molar-refractivity contribution is 0.0945. The van der Waals surface area contributed by atoms with E-state index in [0.717, 1.165) is 35.9 Å². The minimum absolute atomic E-state index is 0.0314. The molecule has 3 aromatic rings. The fourth-order valence-electron chi connectivity index (χ4n) is 3.02. The van der Waals surface area contributed by atoms with E-state index < -0.39 is 5.82 Å². The van der Waals surface area contributed by atoms with E-state index in [2.05, 4.69) is 31.2 Å². The monoisotopic (exact) mass is 412 g/mol. The Balaban J connectivity index is 1.19. The molecule has 1 amide bonds. The number of halogens is 1. The van der Waals surface area contributed by atoms with E-state index in [4.69, 9.17) is 0 Å². The second-order valence-electron chi connectivity index (χ2n) is 6.58. The lowest BCUT2D eigenvalue weighted by Crippen LogP contribution is -2.36. The zero-order chi connectivity index (χ0) is 20.1. The number of pyridine rings is 1. The summed E-state index contributed by atoms with van der Waals surface area (Å²) in [6, 6.07) is 10.9. The first-order valence-electron chi connectivity index (χ1n) is 9.34. The van der Waals surface area contributed by atoms with Gasteiger partial charge in [-0.15, -0.1) is 11.3 Å². The molecule has 0 saturated heterocycles. The summed E-state index contributed by atoms with van der Waals surface area (Å²) >= 11 is 1.44. The molecule has 29 heavy (non-hydrogen) atoms. The van der Waals surface area contributed by atoms with Gasteiger partial charge in [-0.1, -0.05) is 12.1 Å². The highest BCUT2D eigenvalue weighted by Crippen LogP contribution is 2.27. The van der Waals surface area contributed by atoms with Crippen LogP contribution in [0.1, 0.15) is 21.2 Å². The number of para-hydroxylation sites is 2. The van der Waals surface area contributed by atoms with Crippen LogP contribution in [0.3, 0.4) is 0 Å². The summed E-state index contributed by atoms with van der Waals surface area (Å²) < 4.78 is 13.6. The van der Waals surface area contributed by atoms with Gasteiger partial charge >= 0.3 is 0 Å². The number of aromatic nitrogens is 2. The molecule has 0 radical (unpaired) electrons. The van der Waals surface area contributed by atoms with E-state index in [1.807, 2.05) is 24.3 Å². The van der Waals surface area contributed by atoms with Gasteiger partial charge in [-0.25, -0.2) is 9.37 Å². The van der Waals surface area contributed by atoms with Gasteiger partial charge in [0.2, 0.25) is 0 Å². The number of nitrogens with one attached hydrogen (secondary N) is 4. The predicted octanol–water partition coefficient (Wildman–Crippen LogP) is 2.60. The van der Waals surface area contributed by atoms with E-state index in [9.17, 15) is 9.18 Å². The maximum Gasteiger partial charge on any atom is 0.271 e. The topological polar surface area (TPSA) is 91.0 Å². The molecule has 0 saturated carbocycles. The summed E-state index contributed by atoms with van der Waals surface area (Å²) in [5, 5.41) is 15.5. The van der Waals surface area contributed by atoms with Crippen molar-refractivity contribution in [3.63, 3.8) is 0 Å². The third-order valence-corrected chi connectivity index (χ3v) is 5.39. The molecule has 4 N–H and O–H groups in total. The molecule has 0 unspecified atom stereocenters. The number of fused-ring (bicyclic) bond motifs is 1. The summed E-state index contributed by atoms with van der Waals surface area (Å²) in [6.07, 6.45) is 2.37. The fraction of sp³-hybridized carbons (Fsp3) is 0.250. The molecule has 1 aliphatic heterocycles. The summed E-state index contributed by atoms with van der Waals surface area (Å²) in [4.78, 5) is 20.5.